The van der Waals surface area contributed by atoms with E-state index >= 15 is 0 Å². The van der Waals surface area contributed by atoms with Crippen molar-refractivity contribution in [1.29, 1.82) is 0 Å². The monoisotopic (exact) mass is 252 g/mol. The molecule has 6 heteroatoms. The number of carbonyl (C=O) groups is 1. The number of carbonyl (C=O) groups excluding carboxylic acids is 1. The van der Waals surface area contributed by atoms with Gasteiger partial charge in [-0.3, -0.25) is 4.79 Å². The molecule has 1 aromatic rings. The maximum atomic E-state index is 11.1. The number of likely N-dealkylation sites (N-methyl/N-ethyl adjacent to an activating group) is 1. The lowest BCUT2D eigenvalue weighted by Crippen LogP contribution is -2.26. The van der Waals surface area contributed by atoms with Crippen molar-refractivity contribution in [2.45, 2.75) is 20.0 Å². The van der Waals surface area contributed by atoms with Crippen LogP contribution in [-0.4, -0.2) is 37.2 Å². The fourth-order valence-corrected chi connectivity index (χ4v) is 1.43. The number of pyridine rings is 1. The summed E-state index contributed by atoms with van der Waals surface area (Å²) in [6.07, 6.45) is 0.181. The van der Waals surface area contributed by atoms with Crippen LogP contribution in [-0.2, 0) is 4.74 Å². The molecule has 0 aromatic carbocycles. The van der Waals surface area contributed by atoms with Crippen molar-refractivity contribution in [3.8, 4) is 0 Å². The van der Waals surface area contributed by atoms with Crippen LogP contribution in [0.5, 0.6) is 0 Å². The lowest BCUT2D eigenvalue weighted by molar-refractivity contribution is 0.0845. The van der Waals surface area contributed by atoms with E-state index < -0.39 is 5.91 Å². The van der Waals surface area contributed by atoms with Crippen molar-refractivity contribution < 1.29 is 9.53 Å². The Hall–Kier alpha value is -1.82. The van der Waals surface area contributed by atoms with E-state index in [9.17, 15) is 4.79 Å². The van der Waals surface area contributed by atoms with Gasteiger partial charge in [0.15, 0.2) is 5.82 Å². The summed E-state index contributed by atoms with van der Waals surface area (Å²) in [5, 5.41) is 0. The predicted molar refractivity (Wildman–Crippen MR) is 71.5 cm³/mol. The Balaban J connectivity index is 2.74. The first kappa shape index (κ1) is 14.2. The number of anilines is 2. The Morgan fingerprint density at radius 1 is 1.50 bits per heavy atom. The summed E-state index contributed by atoms with van der Waals surface area (Å²) < 4.78 is 5.45. The van der Waals surface area contributed by atoms with Crippen molar-refractivity contribution in [1.82, 2.24) is 4.98 Å². The first-order chi connectivity index (χ1) is 8.41. The van der Waals surface area contributed by atoms with E-state index in [1.807, 2.05) is 25.8 Å². The summed E-state index contributed by atoms with van der Waals surface area (Å²) >= 11 is 0. The number of hydrogen-bond acceptors (Lipinski definition) is 5. The second kappa shape index (κ2) is 6.20. The molecule has 0 fully saturated rings. The van der Waals surface area contributed by atoms with Crippen molar-refractivity contribution in [3.05, 3.63) is 17.8 Å². The van der Waals surface area contributed by atoms with Crippen LogP contribution in [0.15, 0.2) is 12.1 Å². The first-order valence-corrected chi connectivity index (χ1v) is 5.81. The zero-order valence-corrected chi connectivity index (χ0v) is 11.0. The van der Waals surface area contributed by atoms with Crippen LogP contribution in [0.1, 0.15) is 24.3 Å². The third-order valence-electron chi connectivity index (χ3n) is 2.40. The second-order valence-electron chi connectivity index (χ2n) is 4.31. The number of primary amides is 1. The number of nitrogens with zero attached hydrogens (tertiary/aromatic N) is 2. The SMILES string of the molecule is CC(C)OCCN(C)c1nc(C(N)=O)ccc1N. The Kier molecular flexibility index (Phi) is 4.91. The fraction of sp³-hybridized carbons (Fsp3) is 0.500. The third-order valence-corrected chi connectivity index (χ3v) is 2.40. The van der Waals surface area contributed by atoms with E-state index in [1.165, 1.54) is 6.07 Å². The molecule has 1 heterocycles. The van der Waals surface area contributed by atoms with Gasteiger partial charge >= 0.3 is 0 Å². The minimum Gasteiger partial charge on any atom is -0.396 e. The van der Waals surface area contributed by atoms with E-state index in [-0.39, 0.29) is 11.8 Å². The molecule has 0 atom stereocenters. The molecule has 0 spiro atoms. The third kappa shape index (κ3) is 3.89. The first-order valence-electron chi connectivity index (χ1n) is 5.81. The van der Waals surface area contributed by atoms with Gasteiger partial charge in [0.1, 0.15) is 5.69 Å². The number of amides is 1. The van der Waals surface area contributed by atoms with Gasteiger partial charge in [0, 0.05) is 13.6 Å². The largest absolute Gasteiger partial charge is 0.396 e. The summed E-state index contributed by atoms with van der Waals surface area (Å²) in [7, 11) is 1.84. The number of nitrogens with two attached hydrogens (primary N) is 2. The standard InChI is InChI=1S/C12H20N4O2/c1-8(2)18-7-6-16(3)12-9(13)4-5-10(15-12)11(14)17/h4-5,8H,6-7,13H2,1-3H3,(H2,14,17). The Morgan fingerprint density at radius 3 is 2.72 bits per heavy atom. The van der Waals surface area contributed by atoms with Crippen LogP contribution in [0.25, 0.3) is 0 Å². The van der Waals surface area contributed by atoms with Gasteiger partial charge in [-0.2, -0.15) is 0 Å². The molecule has 0 bridgehead atoms. The summed E-state index contributed by atoms with van der Waals surface area (Å²) in [6.45, 7) is 5.15. The maximum Gasteiger partial charge on any atom is 0.267 e. The molecule has 0 saturated heterocycles. The van der Waals surface area contributed by atoms with Gasteiger partial charge in [0.25, 0.3) is 5.91 Å². The summed E-state index contributed by atoms with van der Waals surface area (Å²) in [5.74, 6) is -0.0262. The van der Waals surface area contributed by atoms with E-state index in [4.69, 9.17) is 16.2 Å². The van der Waals surface area contributed by atoms with E-state index in [0.717, 1.165) is 0 Å². The lowest BCUT2D eigenvalue weighted by atomic mass is 10.3. The molecule has 100 valence electrons. The highest BCUT2D eigenvalue weighted by Gasteiger charge is 2.11. The lowest BCUT2D eigenvalue weighted by Gasteiger charge is -2.20. The zero-order chi connectivity index (χ0) is 13.7. The highest BCUT2D eigenvalue weighted by Crippen LogP contribution is 2.19. The molecular formula is C12H20N4O2. The van der Waals surface area contributed by atoms with Gasteiger partial charge in [0.2, 0.25) is 0 Å². The van der Waals surface area contributed by atoms with Crippen LogP contribution in [0, 0.1) is 0 Å². The molecule has 0 aliphatic heterocycles. The average Bonchev–Trinajstić information content (AvgIpc) is 2.28. The highest BCUT2D eigenvalue weighted by molar-refractivity contribution is 5.91. The van der Waals surface area contributed by atoms with Crippen molar-refractivity contribution >= 4 is 17.4 Å². The van der Waals surface area contributed by atoms with Crippen molar-refractivity contribution in [2.75, 3.05) is 30.8 Å². The molecule has 1 rings (SSSR count). The van der Waals surface area contributed by atoms with Gasteiger partial charge in [-0.1, -0.05) is 0 Å². The smallest absolute Gasteiger partial charge is 0.267 e. The second-order valence-corrected chi connectivity index (χ2v) is 4.31. The normalized spacial score (nSPS) is 10.7. The average molecular weight is 252 g/mol. The number of nitrogen functional groups attached to an aromatic ring is 1. The van der Waals surface area contributed by atoms with Gasteiger partial charge in [0.05, 0.1) is 18.4 Å². The van der Waals surface area contributed by atoms with Crippen molar-refractivity contribution in [3.63, 3.8) is 0 Å². The fourth-order valence-electron chi connectivity index (χ4n) is 1.43. The molecule has 18 heavy (non-hydrogen) atoms. The van der Waals surface area contributed by atoms with Crippen molar-refractivity contribution in [2.24, 2.45) is 5.73 Å². The van der Waals surface area contributed by atoms with Gasteiger partial charge in [-0.05, 0) is 26.0 Å². The molecule has 0 saturated carbocycles. The van der Waals surface area contributed by atoms with Crippen LogP contribution in [0.3, 0.4) is 0 Å². The van der Waals surface area contributed by atoms with E-state index in [0.29, 0.717) is 24.7 Å². The topological polar surface area (TPSA) is 94.5 Å². The zero-order valence-electron chi connectivity index (χ0n) is 11.0. The van der Waals surface area contributed by atoms with E-state index in [2.05, 4.69) is 4.98 Å². The molecule has 1 aromatic heterocycles. The molecule has 0 radical (unpaired) electrons. The molecule has 1 amide bonds. The highest BCUT2D eigenvalue weighted by atomic mass is 16.5. The van der Waals surface area contributed by atoms with Crippen LogP contribution in [0.2, 0.25) is 0 Å². The van der Waals surface area contributed by atoms with Gasteiger partial charge < -0.3 is 21.1 Å². The molecule has 4 N–H and O–H groups in total. The summed E-state index contributed by atoms with van der Waals surface area (Å²) in [4.78, 5) is 17.0. The molecule has 0 aliphatic carbocycles. The summed E-state index contributed by atoms with van der Waals surface area (Å²) in [6, 6.07) is 3.14. The number of hydrogen-bond donors (Lipinski definition) is 2. The predicted octanol–water partition coefficient (Wildman–Crippen LogP) is 0.624. The Labute approximate surface area is 107 Å². The molecular weight excluding hydrogens is 232 g/mol. The van der Waals surface area contributed by atoms with Gasteiger partial charge in [-0.25, -0.2) is 4.98 Å². The quantitative estimate of drug-likeness (QED) is 0.774. The Morgan fingerprint density at radius 2 is 2.17 bits per heavy atom. The molecule has 6 nitrogen and oxygen atoms in total. The number of aromatic nitrogens is 1. The number of rotatable bonds is 6. The molecule has 0 unspecified atom stereocenters. The Bertz CT molecular complexity index is 421. The van der Waals surface area contributed by atoms with Crippen LogP contribution < -0.4 is 16.4 Å². The summed E-state index contributed by atoms with van der Waals surface area (Å²) in [5.41, 5.74) is 11.7. The minimum atomic E-state index is -0.567. The van der Waals surface area contributed by atoms with E-state index in [1.54, 1.807) is 6.07 Å². The minimum absolute atomic E-state index is 0.181. The van der Waals surface area contributed by atoms with Crippen LogP contribution >= 0.6 is 0 Å². The maximum absolute atomic E-state index is 11.1. The van der Waals surface area contributed by atoms with Gasteiger partial charge in [-0.15, -0.1) is 0 Å². The number of ether oxygens (including phenoxy) is 1. The van der Waals surface area contributed by atoms with Crippen LogP contribution in [0.4, 0.5) is 11.5 Å². The molecule has 0 aliphatic rings.